The maximum absolute atomic E-state index is 13.4. The molecule has 0 unspecified atom stereocenters. The van der Waals surface area contributed by atoms with Crippen molar-refractivity contribution in [2.24, 2.45) is 0 Å². The molecule has 5 rings (SSSR count). The topological polar surface area (TPSA) is 95.8 Å². The summed E-state index contributed by atoms with van der Waals surface area (Å²) in [6, 6.07) is 1.73. The third-order valence-electron chi connectivity index (χ3n) is 7.04. The van der Waals surface area contributed by atoms with Gasteiger partial charge in [0.2, 0.25) is 10.0 Å². The zero-order valence-electron chi connectivity index (χ0n) is 16.9. The monoisotopic (exact) mass is 422 g/mol. The van der Waals surface area contributed by atoms with Crippen molar-refractivity contribution in [1.29, 1.82) is 0 Å². The molecule has 0 radical (unpaired) electrons. The predicted molar refractivity (Wildman–Crippen MR) is 107 cm³/mol. The summed E-state index contributed by atoms with van der Waals surface area (Å²) in [6.45, 7) is 1.59. The maximum Gasteiger partial charge on any atom is 0.273 e. The van der Waals surface area contributed by atoms with E-state index in [4.69, 9.17) is 4.52 Å². The smallest absolute Gasteiger partial charge is 0.273 e. The summed E-state index contributed by atoms with van der Waals surface area (Å²) < 4.78 is 33.8. The molecule has 1 aromatic heterocycles. The standard InChI is InChI=1S/C20H30N4O4S/c1-23-8-2-3-17(12-23)29(26,27)24-15-6-7-16(24)10-14(9-15)21-20(25)18-11-19(28-22-18)13-4-5-13/h11,13-17H,2-10,12H2,1H3,(H,21,25)/t14-,15+,16-,17-/m0/s1. The summed E-state index contributed by atoms with van der Waals surface area (Å²) >= 11 is 0. The van der Waals surface area contributed by atoms with Crippen LogP contribution in [0.25, 0.3) is 0 Å². The van der Waals surface area contributed by atoms with Crippen LogP contribution in [0.15, 0.2) is 10.6 Å². The van der Waals surface area contributed by atoms with E-state index >= 15 is 0 Å². The Morgan fingerprint density at radius 2 is 1.90 bits per heavy atom. The molecular formula is C20H30N4O4S. The van der Waals surface area contributed by atoms with E-state index in [0.29, 0.717) is 31.0 Å². The first-order valence-electron chi connectivity index (χ1n) is 10.9. The lowest BCUT2D eigenvalue weighted by atomic mass is 9.99. The van der Waals surface area contributed by atoms with Crippen LogP contribution in [-0.2, 0) is 10.0 Å². The molecule has 8 nitrogen and oxygen atoms in total. The van der Waals surface area contributed by atoms with Crippen LogP contribution in [0, 0.1) is 0 Å². The molecule has 1 aromatic rings. The third-order valence-corrected chi connectivity index (χ3v) is 9.45. The number of hydrogen-bond donors (Lipinski definition) is 1. The van der Waals surface area contributed by atoms with Crippen molar-refractivity contribution in [3.8, 4) is 0 Å². The minimum absolute atomic E-state index is 0.00406. The first-order chi connectivity index (χ1) is 13.9. The van der Waals surface area contributed by atoms with Gasteiger partial charge in [-0.05, 0) is 65.0 Å². The average Bonchev–Trinajstić information content (AvgIpc) is 3.34. The largest absolute Gasteiger partial charge is 0.360 e. The Morgan fingerprint density at radius 1 is 1.17 bits per heavy atom. The molecule has 4 atom stereocenters. The van der Waals surface area contributed by atoms with Crippen molar-refractivity contribution in [3.63, 3.8) is 0 Å². The fourth-order valence-electron chi connectivity index (χ4n) is 5.42. The molecule has 9 heteroatoms. The number of sulfonamides is 1. The first-order valence-corrected chi connectivity index (χ1v) is 12.4. The number of amides is 1. The van der Waals surface area contributed by atoms with Crippen LogP contribution >= 0.6 is 0 Å². The van der Waals surface area contributed by atoms with E-state index in [0.717, 1.165) is 50.8 Å². The van der Waals surface area contributed by atoms with Gasteiger partial charge in [-0.1, -0.05) is 5.16 Å². The zero-order chi connectivity index (χ0) is 20.2. The summed E-state index contributed by atoms with van der Waals surface area (Å²) in [5.74, 6) is 1.01. The Labute approximate surface area is 172 Å². The number of rotatable bonds is 5. The quantitative estimate of drug-likeness (QED) is 0.776. The van der Waals surface area contributed by atoms with E-state index in [2.05, 4.69) is 15.4 Å². The molecule has 0 aromatic carbocycles. The molecule has 4 fully saturated rings. The predicted octanol–water partition coefficient (Wildman–Crippen LogP) is 1.70. The van der Waals surface area contributed by atoms with Crippen LogP contribution in [-0.4, -0.2) is 72.2 Å². The number of likely N-dealkylation sites (tertiary alicyclic amines) is 1. The molecule has 3 saturated heterocycles. The fourth-order valence-corrected chi connectivity index (χ4v) is 7.88. The van der Waals surface area contributed by atoms with Crippen LogP contribution < -0.4 is 5.32 Å². The maximum atomic E-state index is 13.4. The third kappa shape index (κ3) is 3.72. The molecule has 1 saturated carbocycles. The number of nitrogens with one attached hydrogen (secondary N) is 1. The van der Waals surface area contributed by atoms with E-state index in [9.17, 15) is 13.2 Å². The van der Waals surface area contributed by atoms with Crippen molar-refractivity contribution in [3.05, 3.63) is 17.5 Å². The van der Waals surface area contributed by atoms with Gasteiger partial charge in [-0.3, -0.25) is 4.79 Å². The summed E-state index contributed by atoms with van der Waals surface area (Å²) in [5.41, 5.74) is 0.333. The molecule has 4 aliphatic rings. The van der Waals surface area contributed by atoms with Gasteiger partial charge in [0, 0.05) is 36.7 Å². The minimum Gasteiger partial charge on any atom is -0.360 e. The van der Waals surface area contributed by atoms with Crippen LogP contribution in [0.2, 0.25) is 0 Å². The normalized spacial score (nSPS) is 33.7. The minimum atomic E-state index is -3.31. The van der Waals surface area contributed by atoms with Gasteiger partial charge < -0.3 is 14.7 Å². The highest BCUT2D eigenvalue weighted by Gasteiger charge is 2.49. The van der Waals surface area contributed by atoms with Crippen molar-refractivity contribution >= 4 is 15.9 Å². The Kier molecular flexibility index (Phi) is 4.95. The average molecular weight is 423 g/mol. The van der Waals surface area contributed by atoms with Crippen molar-refractivity contribution < 1.29 is 17.7 Å². The van der Waals surface area contributed by atoms with Crippen LogP contribution in [0.5, 0.6) is 0 Å². The first kappa shape index (κ1) is 19.5. The van der Waals surface area contributed by atoms with Gasteiger partial charge in [0.05, 0.1) is 5.25 Å². The highest BCUT2D eigenvalue weighted by molar-refractivity contribution is 7.89. The number of nitrogens with zero attached hydrogens (tertiary/aromatic N) is 3. The van der Waals surface area contributed by atoms with Gasteiger partial charge in [0.15, 0.2) is 5.69 Å². The van der Waals surface area contributed by atoms with E-state index in [1.165, 1.54) is 0 Å². The SMILES string of the molecule is CN1CCC[C@H](S(=O)(=O)N2[C@@H]3CC[C@H]2C[C@@H](NC(=O)c2cc(C4CC4)on2)C3)C1. The number of carbonyl (C=O) groups is 1. The molecule has 4 heterocycles. The summed E-state index contributed by atoms with van der Waals surface area (Å²) in [6.07, 6.45) is 7.01. The highest BCUT2D eigenvalue weighted by atomic mass is 32.2. The molecule has 1 aliphatic carbocycles. The second-order valence-corrected chi connectivity index (χ2v) is 11.4. The van der Waals surface area contributed by atoms with Gasteiger partial charge >= 0.3 is 0 Å². The lowest BCUT2D eigenvalue weighted by molar-refractivity contribution is 0.0899. The van der Waals surface area contributed by atoms with Gasteiger partial charge in [-0.2, -0.15) is 4.31 Å². The van der Waals surface area contributed by atoms with E-state index in [-0.39, 0.29) is 29.3 Å². The lowest BCUT2D eigenvalue weighted by Gasteiger charge is -2.41. The molecule has 160 valence electrons. The van der Waals surface area contributed by atoms with Crippen LogP contribution in [0.1, 0.15) is 73.5 Å². The van der Waals surface area contributed by atoms with E-state index in [1.807, 2.05) is 7.05 Å². The second kappa shape index (κ2) is 7.35. The molecular weight excluding hydrogens is 392 g/mol. The Morgan fingerprint density at radius 3 is 2.55 bits per heavy atom. The van der Waals surface area contributed by atoms with Gasteiger partial charge in [0.25, 0.3) is 5.91 Å². The molecule has 1 amide bonds. The van der Waals surface area contributed by atoms with Crippen molar-refractivity contribution in [2.45, 2.75) is 80.7 Å². The van der Waals surface area contributed by atoms with Gasteiger partial charge in [0.1, 0.15) is 5.76 Å². The lowest BCUT2D eigenvalue weighted by Crippen LogP contribution is -2.56. The van der Waals surface area contributed by atoms with Gasteiger partial charge in [-0.15, -0.1) is 0 Å². The molecule has 2 bridgehead atoms. The van der Waals surface area contributed by atoms with Crippen molar-refractivity contribution in [1.82, 2.24) is 19.7 Å². The van der Waals surface area contributed by atoms with E-state index in [1.54, 1.807) is 10.4 Å². The Hall–Kier alpha value is -1.45. The van der Waals surface area contributed by atoms with Crippen LogP contribution in [0.4, 0.5) is 0 Å². The molecule has 3 aliphatic heterocycles. The number of carbonyl (C=O) groups excluding carboxylic acids is 1. The van der Waals surface area contributed by atoms with Crippen LogP contribution in [0.3, 0.4) is 0 Å². The number of hydrogen-bond acceptors (Lipinski definition) is 6. The summed E-state index contributed by atoms with van der Waals surface area (Å²) in [7, 11) is -1.31. The number of aromatic nitrogens is 1. The number of fused-ring (bicyclic) bond motifs is 2. The Balaban J connectivity index is 1.24. The molecule has 1 N–H and O–H groups in total. The summed E-state index contributed by atoms with van der Waals surface area (Å²) in [5, 5.41) is 6.70. The summed E-state index contributed by atoms with van der Waals surface area (Å²) in [4.78, 5) is 14.7. The number of piperidine rings is 2. The van der Waals surface area contributed by atoms with Gasteiger partial charge in [-0.25, -0.2) is 8.42 Å². The molecule has 29 heavy (non-hydrogen) atoms. The zero-order valence-corrected chi connectivity index (χ0v) is 17.7. The van der Waals surface area contributed by atoms with Crippen molar-refractivity contribution in [2.75, 3.05) is 20.1 Å². The second-order valence-electron chi connectivity index (χ2n) is 9.32. The molecule has 0 spiro atoms. The van der Waals surface area contributed by atoms with E-state index < -0.39 is 10.0 Å². The Bertz CT molecular complexity index is 867. The fraction of sp³-hybridized carbons (Fsp3) is 0.800. The highest BCUT2D eigenvalue weighted by Crippen LogP contribution is 2.41.